The Morgan fingerprint density at radius 1 is 1.06 bits per heavy atom. The van der Waals surface area contributed by atoms with Gasteiger partial charge in [0, 0.05) is 12.1 Å². The highest BCUT2D eigenvalue weighted by atomic mass is 15.1. The third-order valence-electron chi connectivity index (χ3n) is 6.42. The van der Waals surface area contributed by atoms with E-state index in [-0.39, 0.29) is 0 Å². The average Bonchev–Trinajstić information content (AvgIpc) is 2.77. The molecule has 0 aliphatic heterocycles. The van der Waals surface area contributed by atoms with Gasteiger partial charge in [-0.3, -0.25) is 0 Å². The summed E-state index contributed by atoms with van der Waals surface area (Å²) < 4.78 is 0. The fourth-order valence-corrected chi connectivity index (χ4v) is 4.40. The molecule has 1 heteroatoms. The molecule has 0 amide bonds. The molecule has 2 saturated carbocycles. The van der Waals surface area contributed by atoms with Gasteiger partial charge in [0.2, 0.25) is 0 Å². The van der Waals surface area contributed by atoms with Gasteiger partial charge in [0.25, 0.3) is 0 Å². The predicted molar refractivity (Wildman–Crippen MR) is 72.8 cm³/mol. The van der Waals surface area contributed by atoms with Crippen LogP contribution in [0.2, 0.25) is 0 Å². The monoisotopic (exact) mass is 233 g/mol. The van der Waals surface area contributed by atoms with Crippen molar-refractivity contribution >= 4 is 0 Å². The van der Waals surface area contributed by atoms with Crippen molar-refractivity contribution < 1.29 is 0 Å². The molecule has 17 heavy (non-hydrogen) atoms. The molecule has 0 aromatic carbocycles. The first-order valence-electron chi connectivity index (χ1n) is 7.28. The van der Waals surface area contributed by atoms with Crippen LogP contribution in [0.5, 0.6) is 0 Å². The topological polar surface area (TPSA) is 12.0 Å². The van der Waals surface area contributed by atoms with Gasteiger partial charge in [0.05, 0.1) is 0 Å². The molecular formula is C16H27N. The van der Waals surface area contributed by atoms with Crippen molar-refractivity contribution in [2.24, 2.45) is 28.6 Å². The van der Waals surface area contributed by atoms with E-state index in [4.69, 9.17) is 0 Å². The first-order valence-corrected chi connectivity index (χ1v) is 7.28. The van der Waals surface area contributed by atoms with Gasteiger partial charge < -0.3 is 5.32 Å². The zero-order valence-electron chi connectivity index (χ0n) is 12.0. The number of fused-ring (bicyclic) bond motifs is 2. The lowest BCUT2D eigenvalue weighted by Crippen LogP contribution is -2.39. The summed E-state index contributed by atoms with van der Waals surface area (Å²) >= 11 is 0. The fourth-order valence-electron chi connectivity index (χ4n) is 4.40. The van der Waals surface area contributed by atoms with Crippen molar-refractivity contribution in [3.63, 3.8) is 0 Å². The minimum absolute atomic E-state index is 0.467. The smallest absolute Gasteiger partial charge is 0.0183 e. The fraction of sp³-hybridized carbons (Fsp3) is 0.875. The molecule has 3 rings (SSSR count). The maximum Gasteiger partial charge on any atom is 0.0183 e. The van der Waals surface area contributed by atoms with E-state index in [0.29, 0.717) is 22.9 Å². The summed E-state index contributed by atoms with van der Waals surface area (Å²) in [4.78, 5) is 0. The molecule has 4 unspecified atom stereocenters. The van der Waals surface area contributed by atoms with Gasteiger partial charge in [-0.05, 0) is 48.3 Å². The molecule has 3 aliphatic rings. The molecule has 0 heterocycles. The van der Waals surface area contributed by atoms with Gasteiger partial charge in [0.15, 0.2) is 0 Å². The maximum absolute atomic E-state index is 3.93. The first-order chi connectivity index (χ1) is 7.84. The Kier molecular flexibility index (Phi) is 2.34. The lowest BCUT2D eigenvalue weighted by Gasteiger charge is -2.27. The third kappa shape index (κ3) is 1.54. The van der Waals surface area contributed by atoms with Gasteiger partial charge in [-0.25, -0.2) is 0 Å². The van der Waals surface area contributed by atoms with Crippen molar-refractivity contribution in [2.45, 2.75) is 59.5 Å². The Bertz CT molecular complexity index is 339. The summed E-state index contributed by atoms with van der Waals surface area (Å²) in [6.45, 7) is 12.0. The van der Waals surface area contributed by atoms with Gasteiger partial charge in [-0.15, -0.1) is 0 Å². The zero-order valence-corrected chi connectivity index (χ0v) is 12.0. The second kappa shape index (κ2) is 3.38. The number of rotatable bonds is 3. The summed E-state index contributed by atoms with van der Waals surface area (Å²) in [6.07, 6.45) is 7.76. The van der Waals surface area contributed by atoms with E-state index in [2.05, 4.69) is 52.1 Å². The Morgan fingerprint density at radius 2 is 1.71 bits per heavy atom. The van der Waals surface area contributed by atoms with Crippen LogP contribution in [0.4, 0.5) is 0 Å². The standard InChI is InChI=1S/C16H27N/c1-10(13-9-11-6-7-12(13)8-11)17-14-15(2,3)16(14,4)5/h6-7,10-14,17H,8-9H2,1-5H3. The SMILES string of the molecule is CC(NC1C(C)(C)C1(C)C)C1CC2C=CC1C2. The van der Waals surface area contributed by atoms with Crippen LogP contribution in [0.25, 0.3) is 0 Å². The van der Waals surface area contributed by atoms with E-state index in [9.17, 15) is 0 Å². The largest absolute Gasteiger partial charge is 0.310 e. The van der Waals surface area contributed by atoms with Crippen molar-refractivity contribution in [1.29, 1.82) is 0 Å². The zero-order chi connectivity index (χ0) is 12.4. The Balaban J connectivity index is 1.62. The minimum atomic E-state index is 0.467. The highest BCUT2D eigenvalue weighted by Crippen LogP contribution is 2.63. The summed E-state index contributed by atoms with van der Waals surface area (Å²) in [7, 11) is 0. The van der Waals surface area contributed by atoms with Crippen LogP contribution in [0.15, 0.2) is 12.2 Å². The van der Waals surface area contributed by atoms with Gasteiger partial charge in [-0.1, -0.05) is 39.8 Å². The van der Waals surface area contributed by atoms with Crippen LogP contribution in [0, 0.1) is 28.6 Å². The Labute approximate surface area is 106 Å². The second-order valence-electron chi connectivity index (χ2n) is 7.78. The molecule has 2 bridgehead atoms. The van der Waals surface area contributed by atoms with Crippen molar-refractivity contribution in [3.05, 3.63) is 12.2 Å². The third-order valence-corrected chi connectivity index (χ3v) is 6.42. The molecule has 0 aromatic rings. The van der Waals surface area contributed by atoms with Crippen LogP contribution in [0.3, 0.4) is 0 Å². The first kappa shape index (κ1) is 11.8. The van der Waals surface area contributed by atoms with Crippen LogP contribution >= 0.6 is 0 Å². The van der Waals surface area contributed by atoms with Crippen LogP contribution in [-0.4, -0.2) is 12.1 Å². The molecule has 3 aliphatic carbocycles. The number of allylic oxidation sites excluding steroid dienone is 2. The Morgan fingerprint density at radius 3 is 2.12 bits per heavy atom. The van der Waals surface area contributed by atoms with Crippen molar-refractivity contribution in [3.8, 4) is 0 Å². The minimum Gasteiger partial charge on any atom is -0.310 e. The van der Waals surface area contributed by atoms with E-state index in [0.717, 1.165) is 17.8 Å². The van der Waals surface area contributed by atoms with Crippen molar-refractivity contribution in [1.82, 2.24) is 5.32 Å². The summed E-state index contributed by atoms with van der Waals surface area (Å²) in [6, 6.07) is 1.38. The normalized spacial score (nSPS) is 43.0. The van der Waals surface area contributed by atoms with Crippen LogP contribution < -0.4 is 5.32 Å². The van der Waals surface area contributed by atoms with Crippen molar-refractivity contribution in [2.75, 3.05) is 0 Å². The Hall–Kier alpha value is -0.300. The number of hydrogen-bond acceptors (Lipinski definition) is 1. The molecule has 0 saturated heterocycles. The quantitative estimate of drug-likeness (QED) is 0.734. The summed E-state index contributed by atoms with van der Waals surface area (Å²) in [5.41, 5.74) is 0.934. The van der Waals surface area contributed by atoms with E-state index in [1.54, 1.807) is 0 Å². The van der Waals surface area contributed by atoms with Gasteiger partial charge >= 0.3 is 0 Å². The predicted octanol–water partition coefficient (Wildman–Crippen LogP) is 3.61. The molecule has 0 aromatic heterocycles. The van der Waals surface area contributed by atoms with E-state index in [1.807, 2.05) is 0 Å². The van der Waals surface area contributed by atoms with E-state index in [1.165, 1.54) is 12.8 Å². The number of hydrogen-bond donors (Lipinski definition) is 1. The number of nitrogens with one attached hydrogen (secondary N) is 1. The molecule has 1 nitrogen and oxygen atoms in total. The molecule has 4 atom stereocenters. The molecular weight excluding hydrogens is 206 g/mol. The second-order valence-corrected chi connectivity index (χ2v) is 7.78. The maximum atomic E-state index is 3.93. The van der Waals surface area contributed by atoms with E-state index >= 15 is 0 Å². The lowest BCUT2D eigenvalue weighted by atomic mass is 9.87. The van der Waals surface area contributed by atoms with Gasteiger partial charge in [0.1, 0.15) is 0 Å². The summed E-state index contributed by atoms with van der Waals surface area (Å²) in [5, 5.41) is 3.93. The summed E-state index contributed by atoms with van der Waals surface area (Å²) in [5.74, 6) is 2.65. The molecule has 0 radical (unpaired) electrons. The highest BCUT2D eigenvalue weighted by molar-refractivity contribution is 5.19. The van der Waals surface area contributed by atoms with E-state index < -0.39 is 0 Å². The highest BCUT2D eigenvalue weighted by Gasteiger charge is 2.65. The van der Waals surface area contributed by atoms with Gasteiger partial charge in [-0.2, -0.15) is 0 Å². The van der Waals surface area contributed by atoms with Crippen LogP contribution in [0.1, 0.15) is 47.5 Å². The average molecular weight is 233 g/mol. The lowest BCUT2D eigenvalue weighted by molar-refractivity contribution is 0.312. The molecule has 0 spiro atoms. The van der Waals surface area contributed by atoms with Crippen LogP contribution in [-0.2, 0) is 0 Å². The molecule has 2 fully saturated rings. The molecule has 96 valence electrons. The molecule has 1 N–H and O–H groups in total.